The Hall–Kier alpha value is -0.570. The number of fused-ring (bicyclic) bond motifs is 1. The highest BCUT2D eigenvalue weighted by molar-refractivity contribution is 5.68. The molecule has 3 nitrogen and oxygen atoms in total. The second-order valence-electron chi connectivity index (χ2n) is 6.23. The highest BCUT2D eigenvalue weighted by Gasteiger charge is 2.68. The number of rotatable bonds is 3. The Kier molecular flexibility index (Phi) is 2.13. The van der Waals surface area contributed by atoms with E-state index < -0.39 is 5.97 Å². The summed E-state index contributed by atoms with van der Waals surface area (Å²) in [4.78, 5) is 11.1. The Morgan fingerprint density at radius 3 is 2.81 bits per heavy atom. The summed E-state index contributed by atoms with van der Waals surface area (Å²) in [6.45, 7) is 2.94. The van der Waals surface area contributed by atoms with Crippen molar-refractivity contribution in [3.05, 3.63) is 0 Å². The van der Waals surface area contributed by atoms with Crippen molar-refractivity contribution in [3.63, 3.8) is 0 Å². The maximum absolute atomic E-state index is 11.1. The quantitative estimate of drug-likeness (QED) is 0.765. The maximum atomic E-state index is 11.1. The van der Waals surface area contributed by atoms with E-state index in [1.807, 2.05) is 0 Å². The molecule has 3 aliphatic carbocycles. The van der Waals surface area contributed by atoms with Crippen LogP contribution in [-0.2, 0) is 4.79 Å². The highest BCUT2D eigenvalue weighted by atomic mass is 16.4. The largest absolute Gasteiger partial charge is 0.481 e. The molecule has 0 aromatic heterocycles. The summed E-state index contributed by atoms with van der Waals surface area (Å²) < 4.78 is 0. The van der Waals surface area contributed by atoms with Crippen LogP contribution in [0.4, 0.5) is 0 Å². The van der Waals surface area contributed by atoms with Gasteiger partial charge in [0, 0.05) is 0 Å². The molecule has 0 aromatic rings. The van der Waals surface area contributed by atoms with Crippen LogP contribution in [0, 0.1) is 35.0 Å². The van der Waals surface area contributed by atoms with Gasteiger partial charge in [0.05, 0.1) is 6.42 Å². The lowest BCUT2D eigenvalue weighted by atomic mass is 9.44. The smallest absolute Gasteiger partial charge is 0.303 e. The molecule has 3 saturated carbocycles. The van der Waals surface area contributed by atoms with Crippen LogP contribution in [-0.4, -0.2) is 17.6 Å². The highest BCUT2D eigenvalue weighted by Crippen LogP contribution is 2.72. The Labute approximate surface area is 96.4 Å². The van der Waals surface area contributed by atoms with E-state index in [1.54, 1.807) is 0 Å². The topological polar surface area (TPSA) is 63.3 Å². The lowest BCUT2D eigenvalue weighted by molar-refractivity contribution is -0.161. The fourth-order valence-corrected chi connectivity index (χ4v) is 5.36. The zero-order valence-corrected chi connectivity index (χ0v) is 9.86. The average molecular weight is 223 g/mol. The number of carbonyl (C=O) groups is 1. The Bertz CT molecular complexity index is 322. The molecule has 16 heavy (non-hydrogen) atoms. The lowest BCUT2D eigenvalue weighted by Gasteiger charge is -2.61. The second-order valence-corrected chi connectivity index (χ2v) is 6.23. The van der Waals surface area contributed by atoms with Crippen LogP contribution in [0.15, 0.2) is 0 Å². The molecule has 90 valence electrons. The van der Waals surface area contributed by atoms with E-state index in [9.17, 15) is 4.79 Å². The number of carboxylic acid groups (broad SMARTS) is 1. The normalized spacial score (nSPS) is 53.5. The summed E-state index contributed by atoms with van der Waals surface area (Å²) in [5.41, 5.74) is 5.89. The first kappa shape index (κ1) is 10.6. The van der Waals surface area contributed by atoms with Crippen LogP contribution in [0.1, 0.15) is 32.6 Å². The fourth-order valence-electron chi connectivity index (χ4n) is 5.36. The van der Waals surface area contributed by atoms with Crippen LogP contribution in [0.25, 0.3) is 0 Å². The van der Waals surface area contributed by atoms with Gasteiger partial charge in [0.15, 0.2) is 0 Å². The van der Waals surface area contributed by atoms with E-state index in [0.29, 0.717) is 24.8 Å². The molecule has 0 saturated heterocycles. The molecular formula is C13H21NO2. The molecule has 3 fully saturated rings. The molecule has 0 aliphatic heterocycles. The summed E-state index contributed by atoms with van der Waals surface area (Å²) in [6.07, 6.45) is 4.07. The standard InChI is InChI=1S/C13H21NO2/c1-7-8-2-3-9-12(7)10(4-8)13(9,6-14)5-11(15)16/h7-10,12H,2-6,14H2,1H3,(H,15,16)/t7-,8+,9?,10-,12-,13-/m0/s1. The molecule has 1 unspecified atom stereocenters. The number of nitrogens with two attached hydrogens (primary N) is 1. The maximum Gasteiger partial charge on any atom is 0.303 e. The van der Waals surface area contributed by atoms with Crippen LogP contribution in [0.2, 0.25) is 0 Å². The van der Waals surface area contributed by atoms with E-state index in [4.69, 9.17) is 10.8 Å². The van der Waals surface area contributed by atoms with E-state index in [1.165, 1.54) is 19.3 Å². The zero-order chi connectivity index (χ0) is 11.5. The monoisotopic (exact) mass is 223 g/mol. The van der Waals surface area contributed by atoms with Crippen LogP contribution >= 0.6 is 0 Å². The molecule has 0 heterocycles. The fraction of sp³-hybridized carbons (Fsp3) is 0.923. The van der Waals surface area contributed by atoms with Crippen molar-refractivity contribution < 1.29 is 9.90 Å². The average Bonchev–Trinajstić information content (AvgIpc) is 2.44. The van der Waals surface area contributed by atoms with Gasteiger partial charge in [-0.3, -0.25) is 4.79 Å². The van der Waals surface area contributed by atoms with Gasteiger partial charge in [0.1, 0.15) is 0 Å². The molecule has 3 heteroatoms. The van der Waals surface area contributed by atoms with Crippen molar-refractivity contribution in [2.24, 2.45) is 40.7 Å². The van der Waals surface area contributed by atoms with E-state index in [2.05, 4.69) is 6.92 Å². The van der Waals surface area contributed by atoms with Gasteiger partial charge in [-0.05, 0) is 60.8 Å². The van der Waals surface area contributed by atoms with E-state index in [-0.39, 0.29) is 5.41 Å². The minimum atomic E-state index is -0.660. The Balaban J connectivity index is 1.90. The van der Waals surface area contributed by atoms with Gasteiger partial charge in [-0.25, -0.2) is 0 Å². The number of carboxylic acids is 1. The van der Waals surface area contributed by atoms with Crippen molar-refractivity contribution >= 4 is 5.97 Å². The summed E-state index contributed by atoms with van der Waals surface area (Å²) in [5, 5.41) is 9.10. The van der Waals surface area contributed by atoms with Gasteiger partial charge in [-0.1, -0.05) is 6.92 Å². The summed E-state index contributed by atoms with van der Waals surface area (Å²) >= 11 is 0. The van der Waals surface area contributed by atoms with Gasteiger partial charge in [0.2, 0.25) is 0 Å². The molecule has 0 aromatic carbocycles. The molecule has 0 amide bonds. The Morgan fingerprint density at radius 2 is 2.19 bits per heavy atom. The van der Waals surface area contributed by atoms with Crippen LogP contribution in [0.5, 0.6) is 0 Å². The third-order valence-corrected chi connectivity index (χ3v) is 6.02. The van der Waals surface area contributed by atoms with Crippen LogP contribution in [0.3, 0.4) is 0 Å². The first-order valence-corrected chi connectivity index (χ1v) is 6.52. The number of hydrogen-bond donors (Lipinski definition) is 2. The third kappa shape index (κ3) is 1.05. The van der Waals surface area contributed by atoms with E-state index >= 15 is 0 Å². The van der Waals surface area contributed by atoms with Crippen molar-refractivity contribution in [2.45, 2.75) is 32.6 Å². The van der Waals surface area contributed by atoms with Crippen molar-refractivity contribution in [3.8, 4) is 0 Å². The molecule has 0 radical (unpaired) electrons. The SMILES string of the molecule is C[C@H]1[C@@H]2CCC3[C@H]1[C@H](C2)[C@]3(CN)CC(=O)O. The number of hydrogen-bond acceptors (Lipinski definition) is 2. The van der Waals surface area contributed by atoms with Crippen molar-refractivity contribution in [2.75, 3.05) is 6.54 Å². The van der Waals surface area contributed by atoms with Gasteiger partial charge < -0.3 is 10.8 Å². The first-order valence-electron chi connectivity index (χ1n) is 6.52. The lowest BCUT2D eigenvalue weighted by Crippen LogP contribution is -2.60. The predicted octanol–water partition coefficient (Wildman–Crippen LogP) is 1.72. The molecule has 3 aliphatic rings. The third-order valence-electron chi connectivity index (χ3n) is 6.02. The zero-order valence-electron chi connectivity index (χ0n) is 9.86. The Morgan fingerprint density at radius 1 is 1.44 bits per heavy atom. The molecular weight excluding hydrogens is 202 g/mol. The molecule has 3 rings (SSSR count). The summed E-state index contributed by atoms with van der Waals surface area (Å²) in [5.74, 6) is 3.02. The molecule has 6 atom stereocenters. The van der Waals surface area contributed by atoms with E-state index in [0.717, 1.165) is 17.8 Å². The summed E-state index contributed by atoms with van der Waals surface area (Å²) in [7, 11) is 0. The molecule has 3 N–H and O–H groups in total. The minimum Gasteiger partial charge on any atom is -0.481 e. The van der Waals surface area contributed by atoms with Gasteiger partial charge in [0.25, 0.3) is 0 Å². The number of aliphatic carboxylic acids is 1. The molecule has 2 bridgehead atoms. The van der Waals surface area contributed by atoms with Crippen molar-refractivity contribution in [1.82, 2.24) is 0 Å². The van der Waals surface area contributed by atoms with Crippen molar-refractivity contribution in [1.29, 1.82) is 0 Å². The van der Waals surface area contributed by atoms with Gasteiger partial charge >= 0.3 is 5.97 Å². The van der Waals surface area contributed by atoms with Gasteiger partial charge in [-0.2, -0.15) is 0 Å². The van der Waals surface area contributed by atoms with Gasteiger partial charge in [-0.15, -0.1) is 0 Å². The van der Waals surface area contributed by atoms with Crippen LogP contribution < -0.4 is 5.73 Å². The first-order chi connectivity index (χ1) is 7.60. The summed E-state index contributed by atoms with van der Waals surface area (Å²) in [6, 6.07) is 0. The molecule has 0 spiro atoms. The predicted molar refractivity (Wildman–Crippen MR) is 60.7 cm³/mol. The minimum absolute atomic E-state index is 0.0456. The second kappa shape index (κ2) is 3.22.